The van der Waals surface area contributed by atoms with Crippen LogP contribution in [0.15, 0.2) is 17.3 Å². The topological polar surface area (TPSA) is 87.7 Å². The highest BCUT2D eigenvalue weighted by molar-refractivity contribution is 5.98. The van der Waals surface area contributed by atoms with E-state index >= 15 is 0 Å². The molecule has 1 aromatic rings. The molecule has 0 saturated heterocycles. The standard InChI is InChI=1S/C13H15F2N3O2/c1-6-4-8(10(15)5-9(6)14)13(19)17-11(7-2-3-7)12(16)18-20/h4-5,7,11,20H,2-3H2,1H3,(H2,16,18)(H,17,19). The van der Waals surface area contributed by atoms with Crippen molar-refractivity contribution in [2.75, 3.05) is 0 Å². The number of amides is 1. The number of carbonyl (C=O) groups is 1. The number of halogens is 2. The molecule has 2 rings (SSSR count). The van der Waals surface area contributed by atoms with Crippen molar-refractivity contribution in [2.45, 2.75) is 25.8 Å². The minimum absolute atomic E-state index is 0.0828. The second-order valence-corrected chi connectivity index (χ2v) is 4.89. The van der Waals surface area contributed by atoms with Crippen LogP contribution in [0, 0.1) is 24.5 Å². The number of carbonyl (C=O) groups excluding carboxylic acids is 1. The normalized spacial score (nSPS) is 16.9. The molecule has 1 aliphatic rings. The van der Waals surface area contributed by atoms with Crippen LogP contribution in [0.4, 0.5) is 8.78 Å². The van der Waals surface area contributed by atoms with Crippen LogP contribution in [-0.2, 0) is 0 Å². The van der Waals surface area contributed by atoms with Gasteiger partial charge in [-0.3, -0.25) is 4.79 Å². The van der Waals surface area contributed by atoms with E-state index in [0.29, 0.717) is 6.07 Å². The second-order valence-electron chi connectivity index (χ2n) is 4.89. The molecule has 0 heterocycles. The lowest BCUT2D eigenvalue weighted by Gasteiger charge is -2.17. The molecule has 0 aliphatic heterocycles. The zero-order valence-corrected chi connectivity index (χ0v) is 10.9. The number of hydrogen-bond acceptors (Lipinski definition) is 3. The number of hydrogen-bond donors (Lipinski definition) is 3. The van der Waals surface area contributed by atoms with Crippen molar-refractivity contribution < 1.29 is 18.8 Å². The first-order chi connectivity index (χ1) is 9.43. The Morgan fingerprint density at radius 1 is 1.45 bits per heavy atom. The number of nitrogens with one attached hydrogen (secondary N) is 1. The maximum Gasteiger partial charge on any atom is 0.254 e. The summed E-state index contributed by atoms with van der Waals surface area (Å²) < 4.78 is 26.8. The predicted molar refractivity (Wildman–Crippen MR) is 68.5 cm³/mol. The molecular weight excluding hydrogens is 268 g/mol. The van der Waals surface area contributed by atoms with E-state index in [1.54, 1.807) is 0 Å². The number of nitrogens with zero attached hydrogens (tertiary/aromatic N) is 1. The Hall–Kier alpha value is -2.18. The Labute approximate surface area is 114 Å². The summed E-state index contributed by atoms with van der Waals surface area (Å²) in [7, 11) is 0. The van der Waals surface area contributed by atoms with Crippen LogP contribution in [0.2, 0.25) is 0 Å². The fourth-order valence-corrected chi connectivity index (χ4v) is 1.98. The van der Waals surface area contributed by atoms with Crippen molar-refractivity contribution in [2.24, 2.45) is 16.8 Å². The lowest BCUT2D eigenvalue weighted by Crippen LogP contribution is -2.46. The number of amidine groups is 1. The largest absolute Gasteiger partial charge is 0.409 e. The first kappa shape index (κ1) is 14.2. The van der Waals surface area contributed by atoms with Crippen molar-refractivity contribution >= 4 is 11.7 Å². The third kappa shape index (κ3) is 2.87. The Bertz CT molecular complexity index is 571. The molecule has 1 atom stereocenters. The molecule has 0 spiro atoms. The molecule has 0 aromatic heterocycles. The van der Waals surface area contributed by atoms with Gasteiger partial charge in [-0.2, -0.15) is 0 Å². The monoisotopic (exact) mass is 283 g/mol. The van der Waals surface area contributed by atoms with Crippen LogP contribution in [0.5, 0.6) is 0 Å². The number of oxime groups is 1. The smallest absolute Gasteiger partial charge is 0.254 e. The summed E-state index contributed by atoms with van der Waals surface area (Å²) in [6, 6.07) is 1.16. The number of rotatable bonds is 4. The Morgan fingerprint density at radius 3 is 2.65 bits per heavy atom. The number of nitrogens with two attached hydrogens (primary N) is 1. The molecule has 1 saturated carbocycles. The molecule has 1 fully saturated rings. The molecule has 5 nitrogen and oxygen atoms in total. The van der Waals surface area contributed by atoms with Crippen LogP contribution in [0.3, 0.4) is 0 Å². The van der Waals surface area contributed by atoms with E-state index in [1.165, 1.54) is 6.92 Å². The van der Waals surface area contributed by atoms with Crippen molar-refractivity contribution in [3.63, 3.8) is 0 Å². The average Bonchev–Trinajstić information content (AvgIpc) is 3.23. The maximum absolute atomic E-state index is 13.6. The third-order valence-corrected chi connectivity index (χ3v) is 3.31. The second kappa shape index (κ2) is 5.44. The minimum Gasteiger partial charge on any atom is -0.409 e. The molecular formula is C13H15F2N3O2. The molecule has 4 N–H and O–H groups in total. The van der Waals surface area contributed by atoms with E-state index in [-0.39, 0.29) is 22.9 Å². The van der Waals surface area contributed by atoms with Crippen LogP contribution >= 0.6 is 0 Å². The van der Waals surface area contributed by atoms with Crippen LogP contribution < -0.4 is 11.1 Å². The first-order valence-electron chi connectivity index (χ1n) is 6.18. The Balaban J connectivity index is 2.21. The third-order valence-electron chi connectivity index (χ3n) is 3.31. The molecule has 1 unspecified atom stereocenters. The van der Waals surface area contributed by atoms with Gasteiger partial charge in [-0.1, -0.05) is 5.16 Å². The van der Waals surface area contributed by atoms with E-state index in [9.17, 15) is 13.6 Å². The van der Waals surface area contributed by atoms with Gasteiger partial charge in [0.15, 0.2) is 5.84 Å². The summed E-state index contributed by atoms with van der Waals surface area (Å²) in [5.74, 6) is -2.41. The van der Waals surface area contributed by atoms with Gasteiger partial charge >= 0.3 is 0 Å². The van der Waals surface area contributed by atoms with Gasteiger partial charge in [-0.15, -0.1) is 0 Å². The van der Waals surface area contributed by atoms with Crippen molar-refractivity contribution in [3.8, 4) is 0 Å². The molecule has 108 valence electrons. The van der Waals surface area contributed by atoms with Gasteiger partial charge in [0.25, 0.3) is 5.91 Å². The molecule has 1 aliphatic carbocycles. The maximum atomic E-state index is 13.6. The van der Waals surface area contributed by atoms with Crippen LogP contribution in [0.25, 0.3) is 0 Å². The van der Waals surface area contributed by atoms with E-state index in [2.05, 4.69) is 10.5 Å². The summed E-state index contributed by atoms with van der Waals surface area (Å²) in [5, 5.41) is 14.1. The average molecular weight is 283 g/mol. The summed E-state index contributed by atoms with van der Waals surface area (Å²) >= 11 is 0. The summed E-state index contributed by atoms with van der Waals surface area (Å²) in [5.41, 5.74) is 5.41. The van der Waals surface area contributed by atoms with Crippen LogP contribution in [0.1, 0.15) is 28.8 Å². The van der Waals surface area contributed by atoms with Gasteiger partial charge in [-0.25, -0.2) is 8.78 Å². The molecule has 1 aromatic carbocycles. The van der Waals surface area contributed by atoms with Gasteiger partial charge < -0.3 is 16.3 Å². The summed E-state index contributed by atoms with van der Waals surface area (Å²) in [6.45, 7) is 1.44. The van der Waals surface area contributed by atoms with E-state index in [0.717, 1.165) is 18.9 Å². The van der Waals surface area contributed by atoms with Gasteiger partial charge in [0, 0.05) is 6.07 Å². The Morgan fingerprint density at radius 2 is 2.10 bits per heavy atom. The van der Waals surface area contributed by atoms with Gasteiger partial charge in [0.1, 0.15) is 11.6 Å². The van der Waals surface area contributed by atoms with E-state index in [4.69, 9.17) is 10.9 Å². The fourth-order valence-electron chi connectivity index (χ4n) is 1.98. The molecule has 0 radical (unpaired) electrons. The van der Waals surface area contributed by atoms with E-state index < -0.39 is 23.6 Å². The van der Waals surface area contributed by atoms with Crippen LogP contribution in [-0.4, -0.2) is 23.0 Å². The lowest BCUT2D eigenvalue weighted by atomic mass is 10.1. The van der Waals surface area contributed by atoms with E-state index in [1.807, 2.05) is 0 Å². The summed E-state index contributed by atoms with van der Waals surface area (Å²) in [4.78, 5) is 12.0. The number of aryl methyl sites for hydroxylation is 1. The molecule has 20 heavy (non-hydrogen) atoms. The van der Waals surface area contributed by atoms with Crippen molar-refractivity contribution in [3.05, 3.63) is 34.9 Å². The zero-order valence-electron chi connectivity index (χ0n) is 10.9. The highest BCUT2D eigenvalue weighted by atomic mass is 19.1. The predicted octanol–water partition coefficient (Wildman–Crippen LogP) is 1.53. The van der Waals surface area contributed by atoms with Gasteiger partial charge in [0.2, 0.25) is 0 Å². The lowest BCUT2D eigenvalue weighted by molar-refractivity contribution is 0.0938. The molecule has 0 bridgehead atoms. The van der Waals surface area contributed by atoms with Crippen molar-refractivity contribution in [1.82, 2.24) is 5.32 Å². The Kier molecular flexibility index (Phi) is 3.87. The zero-order chi connectivity index (χ0) is 14.9. The molecule has 7 heteroatoms. The highest BCUT2D eigenvalue weighted by Gasteiger charge is 2.35. The fraction of sp³-hybridized carbons (Fsp3) is 0.385. The van der Waals surface area contributed by atoms with Gasteiger partial charge in [-0.05, 0) is 37.3 Å². The number of benzene rings is 1. The molecule has 1 amide bonds. The highest BCUT2D eigenvalue weighted by Crippen LogP contribution is 2.33. The minimum atomic E-state index is -0.945. The SMILES string of the molecule is Cc1cc(C(=O)NC(/C(N)=N/O)C2CC2)c(F)cc1F. The van der Waals surface area contributed by atoms with Gasteiger partial charge in [0.05, 0.1) is 11.6 Å². The first-order valence-corrected chi connectivity index (χ1v) is 6.18. The summed E-state index contributed by atoms with van der Waals surface area (Å²) in [6.07, 6.45) is 1.68. The quantitative estimate of drug-likeness (QED) is 0.339. The van der Waals surface area contributed by atoms with Crippen molar-refractivity contribution in [1.29, 1.82) is 0 Å².